The molecule has 0 unspecified atom stereocenters. The molecular formula is C24H23F4N3O3. The van der Waals surface area contributed by atoms with Gasteiger partial charge in [-0.05, 0) is 37.6 Å². The number of aromatic nitrogens is 1. The van der Waals surface area contributed by atoms with Crippen LogP contribution in [0.5, 0.6) is 5.75 Å². The molecule has 1 saturated heterocycles. The van der Waals surface area contributed by atoms with Crippen molar-refractivity contribution in [2.24, 2.45) is 5.92 Å². The molecule has 1 amide bonds. The van der Waals surface area contributed by atoms with Gasteiger partial charge in [0.2, 0.25) is 11.8 Å². The summed E-state index contributed by atoms with van der Waals surface area (Å²) in [6.45, 7) is 4.76. The third-order valence-corrected chi connectivity index (χ3v) is 5.80. The molecule has 2 heterocycles. The molecule has 0 bridgehead atoms. The Hall–Kier alpha value is -3.40. The fourth-order valence-electron chi connectivity index (χ4n) is 3.60. The molecule has 3 aromatic rings. The topological polar surface area (TPSA) is 67.6 Å². The number of ether oxygens (including phenoxy) is 1. The normalized spacial score (nSPS) is 14.6. The van der Waals surface area contributed by atoms with Gasteiger partial charge in [-0.25, -0.2) is 4.39 Å². The number of nitrogens with zero attached hydrogens (tertiary/aromatic N) is 2. The Morgan fingerprint density at radius 1 is 1.21 bits per heavy atom. The number of likely N-dealkylation sites (tertiary alicyclic amines) is 1. The Morgan fingerprint density at radius 3 is 2.62 bits per heavy atom. The van der Waals surface area contributed by atoms with E-state index in [0.717, 1.165) is 17.7 Å². The first-order valence-electron chi connectivity index (χ1n) is 10.6. The largest absolute Gasteiger partial charge is 0.489 e. The fraction of sp³-hybridized carbons (Fsp3) is 0.333. The van der Waals surface area contributed by atoms with E-state index in [-0.39, 0.29) is 24.2 Å². The molecule has 180 valence electrons. The van der Waals surface area contributed by atoms with E-state index in [9.17, 15) is 22.4 Å². The van der Waals surface area contributed by atoms with Gasteiger partial charge in [-0.15, -0.1) is 0 Å². The highest BCUT2D eigenvalue weighted by molar-refractivity contribution is 5.92. The molecule has 2 aromatic carbocycles. The van der Waals surface area contributed by atoms with E-state index in [1.165, 1.54) is 18.2 Å². The Kier molecular flexibility index (Phi) is 6.60. The van der Waals surface area contributed by atoms with Gasteiger partial charge in [0.1, 0.15) is 18.2 Å². The third-order valence-electron chi connectivity index (χ3n) is 5.80. The first kappa shape index (κ1) is 23.7. The molecule has 0 spiro atoms. The second-order valence-electron chi connectivity index (χ2n) is 8.34. The molecular weight excluding hydrogens is 454 g/mol. The maximum absolute atomic E-state index is 14.6. The summed E-state index contributed by atoms with van der Waals surface area (Å²) in [7, 11) is 0. The number of anilines is 1. The lowest BCUT2D eigenvalue weighted by Gasteiger charge is -2.38. The van der Waals surface area contributed by atoms with Crippen LogP contribution in [-0.4, -0.2) is 29.1 Å². The number of nitrogens with one attached hydrogen (secondary N) is 1. The molecule has 10 heteroatoms. The van der Waals surface area contributed by atoms with E-state index in [1.54, 1.807) is 19.1 Å². The van der Waals surface area contributed by atoms with Gasteiger partial charge in [-0.2, -0.15) is 13.2 Å². The molecule has 34 heavy (non-hydrogen) atoms. The minimum Gasteiger partial charge on any atom is -0.489 e. The Bertz CT molecular complexity index is 1190. The average molecular weight is 477 g/mol. The van der Waals surface area contributed by atoms with Crippen LogP contribution in [0.3, 0.4) is 0 Å². The molecule has 0 aliphatic carbocycles. The second kappa shape index (κ2) is 9.46. The molecule has 0 saturated carbocycles. The highest BCUT2D eigenvalue weighted by Gasteiger charge is 2.34. The van der Waals surface area contributed by atoms with Gasteiger partial charge in [0.25, 0.3) is 0 Å². The Morgan fingerprint density at radius 2 is 1.97 bits per heavy atom. The predicted molar refractivity (Wildman–Crippen MR) is 116 cm³/mol. The van der Waals surface area contributed by atoms with Crippen LogP contribution in [0.2, 0.25) is 0 Å². The van der Waals surface area contributed by atoms with Gasteiger partial charge in [0, 0.05) is 36.8 Å². The van der Waals surface area contributed by atoms with Crippen LogP contribution in [0.4, 0.5) is 23.4 Å². The number of rotatable bonds is 7. The first-order chi connectivity index (χ1) is 16.1. The zero-order valence-electron chi connectivity index (χ0n) is 18.6. The zero-order chi connectivity index (χ0) is 24.5. The average Bonchev–Trinajstić information content (AvgIpc) is 3.07. The summed E-state index contributed by atoms with van der Waals surface area (Å²) in [6.07, 6.45) is -4.44. The SMILES string of the molecule is Cc1noc(NC(=O)C2CN(Cc3ccc(OCc4cccc(C(F)(F)F)c4)cc3F)C2)c1C. The lowest BCUT2D eigenvalue weighted by molar-refractivity contribution is -0.137. The molecule has 1 N–H and O–H groups in total. The summed E-state index contributed by atoms with van der Waals surface area (Å²) in [4.78, 5) is 14.3. The summed E-state index contributed by atoms with van der Waals surface area (Å²) in [5.74, 6) is -0.329. The molecule has 4 rings (SSSR count). The lowest BCUT2D eigenvalue weighted by atomic mass is 9.98. The Labute approximate surface area is 193 Å². The molecule has 1 aliphatic heterocycles. The summed E-state index contributed by atoms with van der Waals surface area (Å²) < 4.78 is 63.6. The number of carbonyl (C=O) groups excluding carboxylic acids is 1. The van der Waals surface area contributed by atoms with E-state index in [4.69, 9.17) is 9.26 Å². The summed E-state index contributed by atoms with van der Waals surface area (Å²) >= 11 is 0. The van der Waals surface area contributed by atoms with Crippen LogP contribution in [0.15, 0.2) is 47.0 Å². The zero-order valence-corrected chi connectivity index (χ0v) is 18.6. The monoisotopic (exact) mass is 477 g/mol. The van der Waals surface area contributed by atoms with Crippen molar-refractivity contribution in [3.8, 4) is 5.75 Å². The van der Waals surface area contributed by atoms with Gasteiger partial charge >= 0.3 is 6.18 Å². The van der Waals surface area contributed by atoms with E-state index < -0.39 is 17.6 Å². The fourth-order valence-corrected chi connectivity index (χ4v) is 3.60. The van der Waals surface area contributed by atoms with Crippen LogP contribution in [0.1, 0.15) is 27.9 Å². The van der Waals surface area contributed by atoms with E-state index in [0.29, 0.717) is 42.3 Å². The quantitative estimate of drug-likeness (QED) is 0.480. The number of alkyl halides is 3. The van der Waals surface area contributed by atoms with Gasteiger partial charge in [-0.3, -0.25) is 15.0 Å². The van der Waals surface area contributed by atoms with Crippen molar-refractivity contribution in [2.75, 3.05) is 18.4 Å². The number of carbonyl (C=O) groups is 1. The molecule has 6 nitrogen and oxygen atoms in total. The van der Waals surface area contributed by atoms with Crippen LogP contribution in [-0.2, 0) is 24.1 Å². The van der Waals surface area contributed by atoms with Crippen LogP contribution < -0.4 is 10.1 Å². The number of amides is 1. The lowest BCUT2D eigenvalue weighted by Crippen LogP contribution is -2.51. The standard InChI is InChI=1S/C24H23F4N3O3/c1-14-15(2)30-34-23(14)29-22(32)18-11-31(12-18)10-17-6-7-20(9-21(17)25)33-13-16-4-3-5-19(8-16)24(26,27)28/h3-9,18H,10-13H2,1-2H3,(H,29,32). The van der Waals surface area contributed by atoms with Gasteiger partial charge in [0.15, 0.2) is 0 Å². The smallest absolute Gasteiger partial charge is 0.416 e. The maximum atomic E-state index is 14.6. The van der Waals surface area contributed by atoms with E-state index >= 15 is 0 Å². The highest BCUT2D eigenvalue weighted by atomic mass is 19.4. The van der Waals surface area contributed by atoms with Crippen molar-refractivity contribution in [1.82, 2.24) is 10.1 Å². The highest BCUT2D eigenvalue weighted by Crippen LogP contribution is 2.30. The summed E-state index contributed by atoms with van der Waals surface area (Å²) in [5, 5.41) is 6.53. The second-order valence-corrected chi connectivity index (χ2v) is 8.34. The number of aryl methyl sites for hydroxylation is 1. The van der Waals surface area contributed by atoms with Crippen molar-refractivity contribution in [3.05, 3.63) is 76.2 Å². The van der Waals surface area contributed by atoms with Gasteiger partial charge < -0.3 is 9.26 Å². The minimum absolute atomic E-state index is 0.115. The third kappa shape index (κ3) is 5.39. The minimum atomic E-state index is -4.44. The first-order valence-corrected chi connectivity index (χ1v) is 10.6. The van der Waals surface area contributed by atoms with Crippen LogP contribution in [0, 0.1) is 25.6 Å². The number of hydrogen-bond acceptors (Lipinski definition) is 5. The van der Waals surface area contributed by atoms with Crippen molar-refractivity contribution in [2.45, 2.75) is 33.2 Å². The molecule has 1 fully saturated rings. The van der Waals surface area contributed by atoms with Crippen LogP contribution >= 0.6 is 0 Å². The maximum Gasteiger partial charge on any atom is 0.416 e. The molecule has 0 atom stereocenters. The van der Waals surface area contributed by atoms with Crippen molar-refractivity contribution >= 4 is 11.8 Å². The van der Waals surface area contributed by atoms with Gasteiger partial charge in [-0.1, -0.05) is 23.4 Å². The summed E-state index contributed by atoms with van der Waals surface area (Å²) in [6, 6.07) is 9.17. The Balaban J connectivity index is 1.27. The predicted octanol–water partition coefficient (Wildman–Crippen LogP) is 5.10. The van der Waals surface area contributed by atoms with Crippen LogP contribution in [0.25, 0.3) is 0 Å². The van der Waals surface area contributed by atoms with E-state index in [1.807, 2.05) is 11.8 Å². The molecule has 1 aliphatic rings. The van der Waals surface area contributed by atoms with Crippen molar-refractivity contribution < 1.29 is 31.6 Å². The van der Waals surface area contributed by atoms with Crippen molar-refractivity contribution in [3.63, 3.8) is 0 Å². The number of benzene rings is 2. The molecule has 0 radical (unpaired) electrons. The van der Waals surface area contributed by atoms with Gasteiger partial charge in [0.05, 0.1) is 17.2 Å². The van der Waals surface area contributed by atoms with E-state index in [2.05, 4.69) is 10.5 Å². The van der Waals surface area contributed by atoms with Crippen molar-refractivity contribution in [1.29, 1.82) is 0 Å². The molecule has 1 aromatic heterocycles. The number of halogens is 4. The summed E-state index contributed by atoms with van der Waals surface area (Å²) in [5.41, 5.74) is 1.50. The number of hydrogen-bond donors (Lipinski definition) is 1.